The Bertz CT molecular complexity index is 1680. The molecule has 4 aromatic rings. The summed E-state index contributed by atoms with van der Waals surface area (Å²) in [5.41, 5.74) is 2.46. The van der Waals surface area contributed by atoms with Gasteiger partial charge in [-0.15, -0.1) is 11.3 Å². The van der Waals surface area contributed by atoms with Crippen LogP contribution in [0.5, 0.6) is 11.5 Å². The third-order valence-corrected chi connectivity index (χ3v) is 8.41. The Hall–Kier alpha value is -4.52. The van der Waals surface area contributed by atoms with Crippen molar-refractivity contribution >= 4 is 56.5 Å². The van der Waals surface area contributed by atoms with Gasteiger partial charge in [-0.2, -0.15) is 0 Å². The van der Waals surface area contributed by atoms with Crippen molar-refractivity contribution in [2.24, 2.45) is 0 Å². The second-order valence-corrected chi connectivity index (χ2v) is 11.1. The number of benzene rings is 2. The normalized spacial score (nSPS) is 17.8. The van der Waals surface area contributed by atoms with Gasteiger partial charge in [-0.25, -0.2) is 9.78 Å². The molecule has 2 aliphatic rings. The maximum absolute atomic E-state index is 13.5. The number of nitrogens with zero attached hydrogens (tertiary/aromatic N) is 3. The van der Waals surface area contributed by atoms with Crippen molar-refractivity contribution in [3.05, 3.63) is 71.2 Å². The molecule has 0 unspecified atom stereocenters. The lowest BCUT2D eigenvalue weighted by atomic mass is 10.1. The molecule has 4 heterocycles. The first-order valence-corrected chi connectivity index (χ1v) is 14.3. The molecule has 3 N–H and O–H groups in total. The number of hydrogen-bond acceptors (Lipinski definition) is 8. The van der Waals surface area contributed by atoms with E-state index in [1.165, 1.54) is 12.0 Å². The van der Waals surface area contributed by atoms with Crippen molar-refractivity contribution in [3.8, 4) is 11.5 Å². The molecule has 216 valence electrons. The lowest BCUT2D eigenvalue weighted by molar-refractivity contribution is -0.131. The molecule has 0 spiro atoms. The number of carbonyl (C=O) groups is 3. The molecule has 0 bridgehead atoms. The molecule has 42 heavy (non-hydrogen) atoms. The highest BCUT2D eigenvalue weighted by Crippen LogP contribution is 2.46. The monoisotopic (exact) mass is 587 g/mol. The number of nitrogens with one attached hydrogen (secondary N) is 2. The van der Waals surface area contributed by atoms with Gasteiger partial charge in [0.1, 0.15) is 21.2 Å². The second kappa shape index (κ2) is 11.4. The number of aliphatic hydroxyl groups excluding tert-OH is 1. The predicted molar refractivity (Wildman–Crippen MR) is 159 cm³/mol. The lowest BCUT2D eigenvalue weighted by Crippen LogP contribution is -2.43. The summed E-state index contributed by atoms with van der Waals surface area (Å²) in [5.74, 6) is 0.741. The van der Waals surface area contributed by atoms with Crippen LogP contribution in [0, 0.1) is 6.92 Å². The van der Waals surface area contributed by atoms with Crippen LogP contribution in [-0.4, -0.2) is 71.8 Å². The number of carbonyl (C=O) groups excluding carboxylic acids is 3. The fraction of sp³-hybridized carbons (Fsp3) is 0.267. The molecular formula is C30H29N5O6S. The molecule has 0 radical (unpaired) electrons. The Morgan fingerprint density at radius 2 is 1.93 bits per heavy atom. The number of aliphatic hydroxyl groups is 1. The molecule has 11 nitrogen and oxygen atoms in total. The van der Waals surface area contributed by atoms with Gasteiger partial charge in [0.15, 0.2) is 0 Å². The quantitative estimate of drug-likeness (QED) is 0.278. The average Bonchev–Trinajstić information content (AvgIpc) is 3.54. The number of rotatable bonds is 8. The van der Waals surface area contributed by atoms with Crippen LogP contribution >= 0.6 is 11.3 Å². The molecule has 2 atom stereocenters. The molecule has 0 aliphatic carbocycles. The summed E-state index contributed by atoms with van der Waals surface area (Å²) in [6, 6.07) is 15.6. The zero-order valence-corrected chi connectivity index (χ0v) is 23.8. The number of ether oxygens (including phenoxy) is 2. The third kappa shape index (κ3) is 5.15. The summed E-state index contributed by atoms with van der Waals surface area (Å²) in [7, 11) is 1.52. The van der Waals surface area contributed by atoms with Gasteiger partial charge in [0.05, 0.1) is 47.6 Å². The van der Waals surface area contributed by atoms with E-state index in [-0.39, 0.29) is 36.9 Å². The molecule has 2 aromatic heterocycles. The molecule has 1 saturated heterocycles. The number of methoxy groups -OCH3 is 1. The highest BCUT2D eigenvalue weighted by atomic mass is 32.1. The number of thiophene rings is 1. The fourth-order valence-corrected chi connectivity index (χ4v) is 6.29. The Morgan fingerprint density at radius 1 is 1.12 bits per heavy atom. The predicted octanol–water partition coefficient (Wildman–Crippen LogP) is 4.42. The van der Waals surface area contributed by atoms with Gasteiger partial charge in [-0.05, 0) is 48.9 Å². The maximum atomic E-state index is 13.5. The van der Waals surface area contributed by atoms with E-state index in [0.717, 1.165) is 16.9 Å². The summed E-state index contributed by atoms with van der Waals surface area (Å²) >= 11 is 1.16. The number of β-amino-alcohol motifs (C(OH)–C–C–N with tert-alkyl or cyclic N) is 1. The van der Waals surface area contributed by atoms with Gasteiger partial charge in [-0.3, -0.25) is 14.5 Å². The topological polar surface area (TPSA) is 133 Å². The van der Waals surface area contributed by atoms with Crippen molar-refractivity contribution in [3.63, 3.8) is 0 Å². The van der Waals surface area contributed by atoms with Crippen LogP contribution in [0.3, 0.4) is 0 Å². The van der Waals surface area contributed by atoms with E-state index in [9.17, 15) is 19.5 Å². The van der Waals surface area contributed by atoms with E-state index in [4.69, 9.17) is 9.47 Å². The lowest BCUT2D eigenvalue weighted by Gasteiger charge is -2.29. The van der Waals surface area contributed by atoms with Crippen LogP contribution < -0.4 is 20.3 Å². The molecular weight excluding hydrogens is 558 g/mol. The summed E-state index contributed by atoms with van der Waals surface area (Å²) in [6.45, 7) is 2.49. The third-order valence-electron chi connectivity index (χ3n) is 7.32. The Labute approximate surface area is 245 Å². The SMILES string of the molecule is COCCC(=O)N1C[C@H](NC(=O)c2sc3nccc4c3c2NC(=O)N4c2ccc(Oc3ccccc3)cc2C)[C@@H](O)C1. The van der Waals surface area contributed by atoms with E-state index < -0.39 is 24.1 Å². The standard InChI is InChI=1S/C30H29N5O6S/c1-17-14-19(41-18-6-4-3-5-7-18)8-9-21(17)35-22-10-12-31-29-25(22)26(33-30(35)39)27(42-29)28(38)32-20-15-34(16-23(20)36)24(37)11-13-40-2/h3-10,12,14,20,23,36H,11,13,15-16H2,1-2H3,(H,32,38)(H,33,39)/t20-,23-/m0/s1. The van der Waals surface area contributed by atoms with E-state index >= 15 is 0 Å². The maximum Gasteiger partial charge on any atom is 0.331 e. The fourth-order valence-electron chi connectivity index (χ4n) is 5.26. The number of pyridine rings is 1. The smallest absolute Gasteiger partial charge is 0.331 e. The minimum Gasteiger partial charge on any atom is -0.457 e. The van der Waals surface area contributed by atoms with Crippen molar-refractivity contribution in [1.29, 1.82) is 0 Å². The summed E-state index contributed by atoms with van der Waals surface area (Å²) in [4.78, 5) is 47.8. The number of hydrogen-bond donors (Lipinski definition) is 3. The number of aryl methyl sites for hydroxylation is 1. The summed E-state index contributed by atoms with van der Waals surface area (Å²) < 4.78 is 10.9. The first-order chi connectivity index (χ1) is 20.3. The van der Waals surface area contributed by atoms with Crippen LogP contribution in [0.25, 0.3) is 10.2 Å². The van der Waals surface area contributed by atoms with E-state index in [0.29, 0.717) is 38.8 Å². The van der Waals surface area contributed by atoms with Gasteiger partial charge in [0.2, 0.25) is 5.91 Å². The minimum absolute atomic E-state index is 0.124. The summed E-state index contributed by atoms with van der Waals surface area (Å²) in [5, 5.41) is 16.9. The first kappa shape index (κ1) is 27.6. The van der Waals surface area contributed by atoms with Crippen LogP contribution in [-0.2, 0) is 9.53 Å². The van der Waals surface area contributed by atoms with Crippen LogP contribution in [0.15, 0.2) is 60.8 Å². The molecule has 6 rings (SSSR count). The number of urea groups is 1. The van der Waals surface area contributed by atoms with Gasteiger partial charge in [-0.1, -0.05) is 18.2 Å². The van der Waals surface area contributed by atoms with Crippen molar-refractivity contribution in [2.45, 2.75) is 25.5 Å². The highest BCUT2D eigenvalue weighted by Gasteiger charge is 2.37. The van der Waals surface area contributed by atoms with Crippen LogP contribution in [0.4, 0.5) is 21.9 Å². The number of amides is 4. The Kier molecular flexibility index (Phi) is 7.50. The minimum atomic E-state index is -0.915. The molecule has 4 amide bonds. The second-order valence-electron chi connectivity index (χ2n) is 10.1. The van der Waals surface area contributed by atoms with Crippen molar-refractivity contribution < 1.29 is 29.0 Å². The van der Waals surface area contributed by atoms with Gasteiger partial charge in [0, 0.05) is 26.4 Å². The molecule has 0 saturated carbocycles. The number of likely N-dealkylation sites (tertiary alicyclic amines) is 1. The number of aromatic nitrogens is 1. The van der Waals surface area contributed by atoms with Gasteiger partial charge < -0.3 is 30.1 Å². The van der Waals surface area contributed by atoms with E-state index in [1.807, 2.05) is 49.4 Å². The zero-order chi connectivity index (χ0) is 29.4. The molecule has 1 fully saturated rings. The van der Waals surface area contributed by atoms with Crippen molar-refractivity contribution in [2.75, 3.05) is 37.0 Å². The van der Waals surface area contributed by atoms with Crippen LogP contribution in [0.1, 0.15) is 21.7 Å². The van der Waals surface area contributed by atoms with Gasteiger partial charge in [0.25, 0.3) is 5.91 Å². The summed E-state index contributed by atoms with van der Waals surface area (Å²) in [6.07, 6.45) is 0.892. The van der Waals surface area contributed by atoms with E-state index in [2.05, 4.69) is 15.6 Å². The zero-order valence-electron chi connectivity index (χ0n) is 23.0. The largest absolute Gasteiger partial charge is 0.457 e. The molecule has 2 aromatic carbocycles. The highest BCUT2D eigenvalue weighted by molar-refractivity contribution is 7.21. The van der Waals surface area contributed by atoms with Crippen molar-refractivity contribution in [1.82, 2.24) is 15.2 Å². The average molecular weight is 588 g/mol. The van der Waals surface area contributed by atoms with Gasteiger partial charge >= 0.3 is 6.03 Å². The number of anilines is 3. The Morgan fingerprint density at radius 3 is 2.69 bits per heavy atom. The Balaban J connectivity index is 1.26. The first-order valence-electron chi connectivity index (χ1n) is 13.5. The number of para-hydroxylation sites is 1. The van der Waals surface area contributed by atoms with E-state index in [1.54, 1.807) is 23.2 Å². The molecule has 12 heteroatoms. The molecule has 2 aliphatic heterocycles. The van der Waals surface area contributed by atoms with Crippen LogP contribution in [0.2, 0.25) is 0 Å².